The van der Waals surface area contributed by atoms with Crippen LogP contribution in [-0.2, 0) is 9.59 Å². The molecule has 0 heterocycles. The topological polar surface area (TPSA) is 66.4 Å². The van der Waals surface area contributed by atoms with Gasteiger partial charge in [-0.1, -0.05) is 18.5 Å². The number of rotatable bonds is 9. The predicted molar refractivity (Wildman–Crippen MR) is 85.8 cm³/mol. The van der Waals surface area contributed by atoms with Crippen LogP contribution in [0.2, 0.25) is 5.02 Å². The molecule has 0 bridgehead atoms. The summed E-state index contributed by atoms with van der Waals surface area (Å²) in [5, 5.41) is 12.1. The second kappa shape index (κ2) is 9.68. The molecule has 0 aliphatic rings. The lowest BCUT2D eigenvalue weighted by atomic mass is 10.1. The standard InChI is InChI=1S/C15H20ClNO3S/c1-11(2-7-15(19)20)10-17-14(18)8-9-21-13-5-3-12(16)4-6-13/h3-6,11H,2,7-10H2,1H3,(H,17,18)(H,19,20). The number of hydrogen-bond acceptors (Lipinski definition) is 3. The molecule has 1 aromatic rings. The van der Waals surface area contributed by atoms with Gasteiger partial charge in [0, 0.05) is 35.1 Å². The van der Waals surface area contributed by atoms with Crippen LogP contribution >= 0.6 is 23.4 Å². The largest absolute Gasteiger partial charge is 0.481 e. The van der Waals surface area contributed by atoms with Crippen molar-refractivity contribution < 1.29 is 14.7 Å². The first-order valence-corrected chi connectivity index (χ1v) is 8.20. The number of hydrogen-bond donors (Lipinski definition) is 2. The highest BCUT2D eigenvalue weighted by Crippen LogP contribution is 2.20. The summed E-state index contributed by atoms with van der Waals surface area (Å²) in [7, 11) is 0. The molecule has 0 spiro atoms. The number of nitrogens with one attached hydrogen (secondary N) is 1. The third-order valence-corrected chi connectivity index (χ3v) is 4.18. The monoisotopic (exact) mass is 329 g/mol. The molecule has 1 aromatic carbocycles. The minimum absolute atomic E-state index is 0.00126. The zero-order chi connectivity index (χ0) is 15.7. The minimum Gasteiger partial charge on any atom is -0.481 e. The first-order chi connectivity index (χ1) is 9.97. The lowest BCUT2D eigenvalue weighted by Gasteiger charge is -2.11. The van der Waals surface area contributed by atoms with Crippen molar-refractivity contribution in [1.82, 2.24) is 5.32 Å². The van der Waals surface area contributed by atoms with Gasteiger partial charge in [0.2, 0.25) is 5.91 Å². The zero-order valence-corrected chi connectivity index (χ0v) is 13.5. The number of halogens is 1. The van der Waals surface area contributed by atoms with Gasteiger partial charge in [-0.25, -0.2) is 0 Å². The van der Waals surface area contributed by atoms with Crippen molar-refractivity contribution in [2.24, 2.45) is 5.92 Å². The summed E-state index contributed by atoms with van der Waals surface area (Å²) < 4.78 is 0. The summed E-state index contributed by atoms with van der Waals surface area (Å²) in [6.07, 6.45) is 1.16. The molecule has 0 radical (unpaired) electrons. The van der Waals surface area contributed by atoms with Crippen molar-refractivity contribution in [3.63, 3.8) is 0 Å². The van der Waals surface area contributed by atoms with Crippen molar-refractivity contribution in [3.05, 3.63) is 29.3 Å². The Labute approximate surface area is 134 Å². The molecule has 6 heteroatoms. The van der Waals surface area contributed by atoms with E-state index in [2.05, 4.69) is 5.32 Å². The predicted octanol–water partition coefficient (Wildman–Crippen LogP) is 3.44. The van der Waals surface area contributed by atoms with E-state index in [4.69, 9.17) is 16.7 Å². The summed E-state index contributed by atoms with van der Waals surface area (Å²) in [5.74, 6) is 0.0805. The Morgan fingerprint density at radius 2 is 1.95 bits per heavy atom. The number of carbonyl (C=O) groups is 2. The molecule has 0 saturated heterocycles. The number of carbonyl (C=O) groups excluding carboxylic acids is 1. The summed E-state index contributed by atoms with van der Waals surface area (Å²) in [6.45, 7) is 2.46. The average Bonchev–Trinajstić information content (AvgIpc) is 2.45. The summed E-state index contributed by atoms with van der Waals surface area (Å²) in [6, 6.07) is 7.51. The van der Waals surface area contributed by atoms with E-state index < -0.39 is 5.97 Å². The number of benzene rings is 1. The number of carboxylic acid groups (broad SMARTS) is 1. The molecule has 0 aliphatic heterocycles. The van der Waals surface area contributed by atoms with Gasteiger partial charge < -0.3 is 10.4 Å². The summed E-state index contributed by atoms with van der Waals surface area (Å²) in [5.41, 5.74) is 0. The quantitative estimate of drug-likeness (QED) is 0.681. The van der Waals surface area contributed by atoms with Gasteiger partial charge in [0.15, 0.2) is 0 Å². The minimum atomic E-state index is -0.799. The molecular formula is C15H20ClNO3S. The zero-order valence-electron chi connectivity index (χ0n) is 12.0. The molecule has 1 atom stereocenters. The van der Waals surface area contributed by atoms with Crippen molar-refractivity contribution in [1.29, 1.82) is 0 Å². The Morgan fingerprint density at radius 3 is 2.57 bits per heavy atom. The van der Waals surface area contributed by atoms with Crippen molar-refractivity contribution in [2.75, 3.05) is 12.3 Å². The molecule has 4 nitrogen and oxygen atoms in total. The Kier molecular flexibility index (Phi) is 8.23. The van der Waals surface area contributed by atoms with Crippen LogP contribution in [0.1, 0.15) is 26.2 Å². The molecule has 0 fully saturated rings. The average molecular weight is 330 g/mol. The van der Waals surface area contributed by atoms with E-state index in [-0.39, 0.29) is 18.2 Å². The lowest BCUT2D eigenvalue weighted by molar-refractivity contribution is -0.137. The molecule has 21 heavy (non-hydrogen) atoms. The van der Waals surface area contributed by atoms with Crippen LogP contribution < -0.4 is 5.32 Å². The normalized spacial score (nSPS) is 11.9. The maximum absolute atomic E-state index is 11.7. The van der Waals surface area contributed by atoms with Gasteiger partial charge >= 0.3 is 5.97 Å². The summed E-state index contributed by atoms with van der Waals surface area (Å²) >= 11 is 7.41. The molecule has 2 N–H and O–H groups in total. The Morgan fingerprint density at radius 1 is 1.29 bits per heavy atom. The smallest absolute Gasteiger partial charge is 0.303 e. The van der Waals surface area contributed by atoms with Crippen molar-refractivity contribution in [2.45, 2.75) is 31.1 Å². The molecule has 1 rings (SSSR count). The van der Waals surface area contributed by atoms with E-state index >= 15 is 0 Å². The maximum atomic E-state index is 11.7. The van der Waals surface area contributed by atoms with E-state index in [1.807, 2.05) is 31.2 Å². The third-order valence-electron chi connectivity index (χ3n) is 2.91. The van der Waals surface area contributed by atoms with Crippen molar-refractivity contribution >= 4 is 35.2 Å². The van der Waals surface area contributed by atoms with Crippen LogP contribution in [-0.4, -0.2) is 29.3 Å². The first-order valence-electron chi connectivity index (χ1n) is 6.84. The van der Waals surface area contributed by atoms with Crippen LogP contribution in [0.25, 0.3) is 0 Å². The SMILES string of the molecule is CC(CCC(=O)O)CNC(=O)CCSc1ccc(Cl)cc1. The van der Waals surface area contributed by atoms with E-state index in [9.17, 15) is 9.59 Å². The van der Waals surface area contributed by atoms with E-state index in [0.717, 1.165) is 4.90 Å². The molecule has 1 unspecified atom stereocenters. The fourth-order valence-electron chi connectivity index (χ4n) is 1.64. The number of thioether (sulfide) groups is 1. The van der Waals surface area contributed by atoms with Gasteiger partial charge in [-0.2, -0.15) is 0 Å². The molecule has 0 aliphatic carbocycles. The van der Waals surface area contributed by atoms with Crippen LogP contribution in [0.5, 0.6) is 0 Å². The lowest BCUT2D eigenvalue weighted by Crippen LogP contribution is -2.28. The number of amides is 1. The van der Waals surface area contributed by atoms with Crippen LogP contribution in [0.15, 0.2) is 29.2 Å². The fraction of sp³-hybridized carbons (Fsp3) is 0.467. The van der Waals surface area contributed by atoms with Crippen LogP contribution in [0.3, 0.4) is 0 Å². The number of aliphatic carboxylic acids is 1. The molecule has 0 saturated carbocycles. The van der Waals surface area contributed by atoms with Gasteiger partial charge in [0.05, 0.1) is 0 Å². The van der Waals surface area contributed by atoms with E-state index in [0.29, 0.717) is 30.2 Å². The highest BCUT2D eigenvalue weighted by Gasteiger charge is 2.08. The third kappa shape index (κ3) is 8.63. The fourth-order valence-corrected chi connectivity index (χ4v) is 2.62. The van der Waals surface area contributed by atoms with Gasteiger partial charge in [0.25, 0.3) is 0 Å². The summed E-state index contributed by atoms with van der Waals surface area (Å²) in [4.78, 5) is 23.2. The molecule has 116 valence electrons. The van der Waals surface area contributed by atoms with Crippen molar-refractivity contribution in [3.8, 4) is 0 Å². The second-order valence-corrected chi connectivity index (χ2v) is 6.50. The van der Waals surface area contributed by atoms with Gasteiger partial charge in [-0.15, -0.1) is 11.8 Å². The highest BCUT2D eigenvalue weighted by atomic mass is 35.5. The first kappa shape index (κ1) is 17.9. The Balaban J connectivity index is 2.13. The Hall–Kier alpha value is -1.20. The number of carboxylic acids is 1. The molecule has 0 aromatic heterocycles. The molecular weight excluding hydrogens is 310 g/mol. The Bertz CT molecular complexity index is 464. The van der Waals surface area contributed by atoms with Crippen LogP contribution in [0.4, 0.5) is 0 Å². The maximum Gasteiger partial charge on any atom is 0.303 e. The van der Waals surface area contributed by atoms with Gasteiger partial charge in [-0.3, -0.25) is 9.59 Å². The molecule has 1 amide bonds. The second-order valence-electron chi connectivity index (χ2n) is 4.89. The van der Waals surface area contributed by atoms with E-state index in [1.54, 1.807) is 11.8 Å². The van der Waals surface area contributed by atoms with Gasteiger partial charge in [-0.05, 0) is 36.6 Å². The van der Waals surface area contributed by atoms with Crippen LogP contribution in [0, 0.1) is 5.92 Å². The highest BCUT2D eigenvalue weighted by molar-refractivity contribution is 7.99. The van der Waals surface area contributed by atoms with Gasteiger partial charge in [0.1, 0.15) is 0 Å². The van der Waals surface area contributed by atoms with E-state index in [1.165, 1.54) is 0 Å².